The Morgan fingerprint density at radius 1 is 1.21 bits per heavy atom. The predicted molar refractivity (Wildman–Crippen MR) is 113 cm³/mol. The molecule has 1 amide bonds. The molecule has 1 aromatic carbocycles. The van der Waals surface area contributed by atoms with Gasteiger partial charge in [0.05, 0.1) is 18.3 Å². The zero-order valence-electron chi connectivity index (χ0n) is 16.5. The van der Waals surface area contributed by atoms with Crippen molar-refractivity contribution in [3.05, 3.63) is 56.5 Å². The van der Waals surface area contributed by atoms with Crippen molar-refractivity contribution in [1.29, 1.82) is 0 Å². The third-order valence-electron chi connectivity index (χ3n) is 5.50. The van der Waals surface area contributed by atoms with Crippen LogP contribution in [0.5, 0.6) is 5.75 Å². The molecule has 1 aliphatic rings. The van der Waals surface area contributed by atoms with Crippen molar-refractivity contribution >= 4 is 27.5 Å². The van der Waals surface area contributed by atoms with Crippen LogP contribution in [-0.4, -0.2) is 39.6 Å². The van der Waals surface area contributed by atoms with Crippen LogP contribution < -0.4 is 16.0 Å². The van der Waals surface area contributed by atoms with Gasteiger partial charge in [0.1, 0.15) is 17.0 Å². The van der Waals surface area contributed by atoms with Crippen LogP contribution in [0.25, 0.3) is 15.9 Å². The average molecular weight is 413 g/mol. The molecule has 29 heavy (non-hydrogen) atoms. The van der Waals surface area contributed by atoms with Gasteiger partial charge >= 0.3 is 5.69 Å². The van der Waals surface area contributed by atoms with Crippen molar-refractivity contribution < 1.29 is 9.53 Å². The number of nitrogens with zero attached hydrogens (tertiary/aromatic N) is 3. The zero-order valence-corrected chi connectivity index (χ0v) is 17.3. The van der Waals surface area contributed by atoms with Gasteiger partial charge in [0.2, 0.25) is 5.91 Å². The molecule has 0 N–H and O–H groups in total. The highest BCUT2D eigenvalue weighted by Crippen LogP contribution is 2.22. The Kier molecular flexibility index (Phi) is 5.27. The van der Waals surface area contributed by atoms with Crippen LogP contribution in [0.15, 0.2) is 45.3 Å². The molecule has 3 aromatic rings. The third kappa shape index (κ3) is 3.37. The number of amides is 1. The van der Waals surface area contributed by atoms with Gasteiger partial charge < -0.3 is 9.64 Å². The molecule has 0 saturated carbocycles. The Balaban J connectivity index is 1.87. The van der Waals surface area contributed by atoms with E-state index in [0.717, 1.165) is 23.8 Å². The van der Waals surface area contributed by atoms with Crippen molar-refractivity contribution in [2.75, 3.05) is 13.7 Å². The van der Waals surface area contributed by atoms with E-state index >= 15 is 0 Å². The topological polar surface area (TPSA) is 73.5 Å². The summed E-state index contributed by atoms with van der Waals surface area (Å²) in [7, 11) is 1.49. The van der Waals surface area contributed by atoms with Crippen molar-refractivity contribution in [3.8, 4) is 11.4 Å². The molecule has 152 valence electrons. The molecular weight excluding hydrogens is 390 g/mol. The molecule has 7 nitrogen and oxygen atoms in total. The molecule has 8 heteroatoms. The molecule has 1 saturated heterocycles. The van der Waals surface area contributed by atoms with Gasteiger partial charge in [0.25, 0.3) is 5.56 Å². The predicted octanol–water partition coefficient (Wildman–Crippen LogP) is 2.62. The van der Waals surface area contributed by atoms with Crippen LogP contribution in [0.1, 0.15) is 26.2 Å². The lowest BCUT2D eigenvalue weighted by Crippen LogP contribution is -2.46. The largest absolute Gasteiger partial charge is 0.495 e. The summed E-state index contributed by atoms with van der Waals surface area (Å²) in [6.07, 6.45) is 3.05. The number of piperidine rings is 1. The SMILES string of the molecule is COc1ccccc1-n1c(=O)c2sccc2n(CC(=O)N2CCCC[C@@H]2C)c1=O. The fourth-order valence-corrected chi connectivity index (χ4v) is 4.79. The van der Waals surface area contributed by atoms with E-state index in [2.05, 4.69) is 0 Å². The number of fused-ring (bicyclic) bond motifs is 1. The number of carbonyl (C=O) groups excluding carboxylic acids is 1. The number of para-hydroxylation sites is 2. The molecule has 1 fully saturated rings. The second kappa shape index (κ2) is 7.87. The lowest BCUT2D eigenvalue weighted by Gasteiger charge is -2.33. The summed E-state index contributed by atoms with van der Waals surface area (Å²) >= 11 is 1.26. The van der Waals surface area contributed by atoms with E-state index in [-0.39, 0.29) is 18.5 Å². The molecule has 4 rings (SSSR count). The first kappa shape index (κ1) is 19.4. The summed E-state index contributed by atoms with van der Waals surface area (Å²) in [6, 6.07) is 8.77. The van der Waals surface area contributed by atoms with Gasteiger partial charge in [-0.15, -0.1) is 11.3 Å². The first-order valence-electron chi connectivity index (χ1n) is 9.69. The first-order valence-corrected chi connectivity index (χ1v) is 10.6. The second-order valence-electron chi connectivity index (χ2n) is 7.25. The van der Waals surface area contributed by atoms with E-state index < -0.39 is 11.2 Å². The lowest BCUT2D eigenvalue weighted by atomic mass is 10.0. The number of carbonyl (C=O) groups is 1. The van der Waals surface area contributed by atoms with Crippen molar-refractivity contribution in [1.82, 2.24) is 14.0 Å². The molecule has 0 radical (unpaired) electrons. The summed E-state index contributed by atoms with van der Waals surface area (Å²) in [5, 5.41) is 1.77. The van der Waals surface area contributed by atoms with E-state index in [4.69, 9.17) is 4.74 Å². The average Bonchev–Trinajstić information content (AvgIpc) is 3.22. The lowest BCUT2D eigenvalue weighted by molar-refractivity contribution is -0.135. The molecule has 0 bridgehead atoms. The van der Waals surface area contributed by atoms with Gasteiger partial charge in [0.15, 0.2) is 0 Å². The number of methoxy groups -OCH3 is 1. The molecule has 0 unspecified atom stereocenters. The number of aromatic nitrogens is 2. The fraction of sp³-hybridized carbons (Fsp3) is 0.381. The van der Waals surface area contributed by atoms with Crippen LogP contribution in [-0.2, 0) is 11.3 Å². The highest BCUT2D eigenvalue weighted by atomic mass is 32.1. The Bertz CT molecular complexity index is 1180. The minimum Gasteiger partial charge on any atom is -0.495 e. The maximum absolute atomic E-state index is 13.4. The molecular formula is C21H23N3O4S. The van der Waals surface area contributed by atoms with E-state index in [1.54, 1.807) is 35.7 Å². The normalized spacial score (nSPS) is 16.9. The second-order valence-corrected chi connectivity index (χ2v) is 8.16. The van der Waals surface area contributed by atoms with Crippen LogP contribution in [0.2, 0.25) is 0 Å². The Morgan fingerprint density at radius 3 is 2.76 bits per heavy atom. The Hall–Kier alpha value is -2.87. The smallest absolute Gasteiger partial charge is 0.336 e. The van der Waals surface area contributed by atoms with E-state index in [9.17, 15) is 14.4 Å². The molecule has 0 spiro atoms. The molecule has 2 aromatic heterocycles. The van der Waals surface area contributed by atoms with Crippen LogP contribution in [0.3, 0.4) is 0 Å². The standard InChI is InChI=1S/C21H23N3O4S/c1-14-7-5-6-11-22(14)18(25)13-23-16-10-12-29-19(16)20(26)24(21(23)27)15-8-3-4-9-17(15)28-2/h3-4,8-10,12,14H,5-7,11,13H2,1-2H3/t14-/m0/s1. The summed E-state index contributed by atoms with van der Waals surface area (Å²) in [5.41, 5.74) is -0.0787. The number of likely N-dealkylation sites (tertiary alicyclic amines) is 1. The van der Waals surface area contributed by atoms with E-state index in [0.29, 0.717) is 28.2 Å². The number of rotatable bonds is 4. The maximum atomic E-state index is 13.4. The Labute approximate surface area is 171 Å². The summed E-state index contributed by atoms with van der Waals surface area (Å²) in [6.45, 7) is 2.65. The van der Waals surface area contributed by atoms with Crippen molar-refractivity contribution in [2.24, 2.45) is 0 Å². The number of ether oxygens (including phenoxy) is 1. The van der Waals surface area contributed by atoms with E-state index in [1.165, 1.54) is 23.0 Å². The van der Waals surface area contributed by atoms with Gasteiger partial charge in [-0.25, -0.2) is 9.36 Å². The first-order chi connectivity index (χ1) is 14.0. The minimum absolute atomic E-state index is 0.0914. The quantitative estimate of drug-likeness (QED) is 0.659. The highest BCUT2D eigenvalue weighted by molar-refractivity contribution is 7.17. The number of thiophene rings is 1. The monoisotopic (exact) mass is 413 g/mol. The molecule has 3 heterocycles. The van der Waals surface area contributed by atoms with Crippen molar-refractivity contribution in [3.63, 3.8) is 0 Å². The van der Waals surface area contributed by atoms with Crippen molar-refractivity contribution in [2.45, 2.75) is 38.8 Å². The summed E-state index contributed by atoms with van der Waals surface area (Å²) in [4.78, 5) is 41.3. The van der Waals surface area contributed by atoms with Gasteiger partial charge in [0, 0.05) is 12.6 Å². The highest BCUT2D eigenvalue weighted by Gasteiger charge is 2.25. The summed E-state index contributed by atoms with van der Waals surface area (Å²) in [5.74, 6) is 0.321. The third-order valence-corrected chi connectivity index (χ3v) is 6.39. The summed E-state index contributed by atoms with van der Waals surface area (Å²) < 4.78 is 8.30. The van der Waals surface area contributed by atoms with Gasteiger partial charge in [-0.1, -0.05) is 12.1 Å². The zero-order chi connectivity index (χ0) is 20.5. The number of hydrogen-bond donors (Lipinski definition) is 0. The van der Waals surface area contributed by atoms with Gasteiger partial charge in [-0.2, -0.15) is 0 Å². The van der Waals surface area contributed by atoms with E-state index in [1.807, 2.05) is 11.8 Å². The molecule has 0 aliphatic carbocycles. The van der Waals surface area contributed by atoms with Crippen LogP contribution in [0, 0.1) is 0 Å². The number of benzene rings is 1. The van der Waals surface area contributed by atoms with Gasteiger partial charge in [-0.3, -0.25) is 14.2 Å². The minimum atomic E-state index is -0.539. The van der Waals surface area contributed by atoms with Gasteiger partial charge in [-0.05, 0) is 49.8 Å². The molecule has 1 aliphatic heterocycles. The maximum Gasteiger partial charge on any atom is 0.336 e. The Morgan fingerprint density at radius 2 is 2.00 bits per heavy atom. The van der Waals surface area contributed by atoms with Crippen LogP contribution >= 0.6 is 11.3 Å². The number of hydrogen-bond acceptors (Lipinski definition) is 5. The molecule has 1 atom stereocenters. The van der Waals surface area contributed by atoms with Crippen LogP contribution in [0.4, 0.5) is 0 Å². The fourth-order valence-electron chi connectivity index (χ4n) is 3.96.